The highest BCUT2D eigenvalue weighted by Crippen LogP contribution is 2.18. The van der Waals surface area contributed by atoms with Gasteiger partial charge in [0.25, 0.3) is 0 Å². The molecule has 3 rings (SSSR count). The number of hydrogen-bond acceptors (Lipinski definition) is 5. The van der Waals surface area contributed by atoms with Gasteiger partial charge < -0.3 is 8.94 Å². The number of rotatable bonds is 4. The molecule has 9 heteroatoms. The van der Waals surface area contributed by atoms with E-state index < -0.39 is 12.7 Å². The molecule has 0 N–H and O–H groups in total. The van der Waals surface area contributed by atoms with Gasteiger partial charge in [0.15, 0.2) is 0 Å². The number of furan rings is 1. The second-order valence-corrected chi connectivity index (χ2v) is 4.32. The summed E-state index contributed by atoms with van der Waals surface area (Å²) in [5.74, 6) is 0.622. The SMILES string of the molecule is FC(F)(F)Cn1ccc(Cc2nc(-c3ccoc3)no2)n1. The second kappa shape index (κ2) is 5.08. The lowest BCUT2D eigenvalue weighted by Gasteiger charge is -2.05. The first-order chi connectivity index (χ1) is 9.99. The summed E-state index contributed by atoms with van der Waals surface area (Å²) < 4.78 is 47.4. The monoisotopic (exact) mass is 298 g/mol. The number of alkyl halides is 3. The van der Waals surface area contributed by atoms with Gasteiger partial charge in [-0.05, 0) is 12.1 Å². The number of halogens is 3. The van der Waals surface area contributed by atoms with Crippen LogP contribution >= 0.6 is 0 Å². The Kier molecular flexibility index (Phi) is 3.24. The van der Waals surface area contributed by atoms with E-state index in [0.29, 0.717) is 17.1 Å². The molecule has 0 aliphatic rings. The zero-order chi connectivity index (χ0) is 14.9. The van der Waals surface area contributed by atoms with Crippen molar-refractivity contribution >= 4 is 0 Å². The normalized spacial score (nSPS) is 12.0. The van der Waals surface area contributed by atoms with Gasteiger partial charge in [0.1, 0.15) is 12.8 Å². The molecule has 3 aromatic rings. The van der Waals surface area contributed by atoms with Gasteiger partial charge in [0.05, 0.1) is 23.9 Å². The minimum absolute atomic E-state index is 0.162. The van der Waals surface area contributed by atoms with Gasteiger partial charge in [-0.25, -0.2) is 0 Å². The minimum atomic E-state index is -4.30. The Hall–Kier alpha value is -2.58. The van der Waals surface area contributed by atoms with Crippen LogP contribution in [-0.2, 0) is 13.0 Å². The number of hydrogen-bond donors (Lipinski definition) is 0. The van der Waals surface area contributed by atoms with Crippen LogP contribution in [0.4, 0.5) is 13.2 Å². The molecule has 0 bridgehead atoms. The molecule has 0 aromatic carbocycles. The molecule has 3 heterocycles. The molecule has 0 aliphatic carbocycles. The molecule has 3 aromatic heterocycles. The first kappa shape index (κ1) is 13.4. The van der Waals surface area contributed by atoms with E-state index in [1.165, 1.54) is 24.8 Å². The second-order valence-electron chi connectivity index (χ2n) is 4.32. The molecule has 0 saturated heterocycles. The number of nitrogens with zero attached hydrogens (tertiary/aromatic N) is 4. The zero-order valence-corrected chi connectivity index (χ0v) is 10.5. The van der Waals surface area contributed by atoms with Crippen LogP contribution in [0.2, 0.25) is 0 Å². The molecule has 110 valence electrons. The fourth-order valence-corrected chi connectivity index (χ4v) is 1.76. The lowest BCUT2D eigenvalue weighted by molar-refractivity contribution is -0.142. The highest BCUT2D eigenvalue weighted by atomic mass is 19.4. The van der Waals surface area contributed by atoms with Crippen LogP contribution in [0.5, 0.6) is 0 Å². The lowest BCUT2D eigenvalue weighted by atomic mass is 10.3. The maximum atomic E-state index is 12.2. The molecule has 0 unspecified atom stereocenters. The van der Waals surface area contributed by atoms with Crippen molar-refractivity contribution in [3.8, 4) is 11.4 Å². The van der Waals surface area contributed by atoms with Gasteiger partial charge in [-0.15, -0.1) is 0 Å². The lowest BCUT2D eigenvalue weighted by Crippen LogP contribution is -2.18. The first-order valence-corrected chi connectivity index (χ1v) is 5.94. The third-order valence-electron chi connectivity index (χ3n) is 2.62. The van der Waals surface area contributed by atoms with E-state index in [1.54, 1.807) is 6.07 Å². The molecule has 6 nitrogen and oxygen atoms in total. The zero-order valence-electron chi connectivity index (χ0n) is 10.5. The molecule has 0 saturated carbocycles. The summed E-state index contributed by atoms with van der Waals surface area (Å²) in [5.41, 5.74) is 1.08. The molecule has 0 atom stereocenters. The summed E-state index contributed by atoms with van der Waals surface area (Å²) in [6, 6.07) is 3.15. The van der Waals surface area contributed by atoms with Crippen molar-refractivity contribution in [3.05, 3.63) is 42.4 Å². The Morgan fingerprint density at radius 3 is 2.81 bits per heavy atom. The average Bonchev–Trinajstić information content (AvgIpc) is 3.08. The quantitative estimate of drug-likeness (QED) is 0.740. The Balaban J connectivity index is 1.70. The van der Waals surface area contributed by atoms with Crippen LogP contribution < -0.4 is 0 Å². The molecular weight excluding hydrogens is 289 g/mol. The van der Waals surface area contributed by atoms with Gasteiger partial charge in [-0.2, -0.15) is 23.3 Å². The van der Waals surface area contributed by atoms with Crippen molar-refractivity contribution in [1.82, 2.24) is 19.9 Å². The summed E-state index contributed by atoms with van der Waals surface area (Å²) in [6.45, 7) is -1.13. The predicted molar refractivity (Wildman–Crippen MR) is 63.1 cm³/mol. The van der Waals surface area contributed by atoms with Crippen molar-refractivity contribution in [2.24, 2.45) is 0 Å². The van der Waals surface area contributed by atoms with Gasteiger partial charge in [-0.1, -0.05) is 5.16 Å². The van der Waals surface area contributed by atoms with E-state index in [0.717, 1.165) is 4.68 Å². The third kappa shape index (κ3) is 3.30. The topological polar surface area (TPSA) is 69.9 Å². The third-order valence-corrected chi connectivity index (χ3v) is 2.62. The summed E-state index contributed by atoms with van der Waals surface area (Å²) in [4.78, 5) is 4.12. The van der Waals surface area contributed by atoms with E-state index in [4.69, 9.17) is 8.94 Å². The van der Waals surface area contributed by atoms with Gasteiger partial charge in [0.2, 0.25) is 11.7 Å². The van der Waals surface area contributed by atoms with Gasteiger partial charge in [-0.3, -0.25) is 4.68 Å². The largest absolute Gasteiger partial charge is 0.472 e. The molecule has 0 spiro atoms. The first-order valence-electron chi connectivity index (χ1n) is 5.94. The van der Waals surface area contributed by atoms with Gasteiger partial charge >= 0.3 is 6.18 Å². The smallest absolute Gasteiger partial charge is 0.408 e. The van der Waals surface area contributed by atoms with Crippen LogP contribution in [0.25, 0.3) is 11.4 Å². The number of aromatic nitrogens is 4. The predicted octanol–water partition coefficient (Wildman–Crippen LogP) is 2.68. The summed E-state index contributed by atoms with van der Waals surface area (Å²) in [6.07, 6.45) is 0.0605. The summed E-state index contributed by atoms with van der Waals surface area (Å²) >= 11 is 0. The minimum Gasteiger partial charge on any atom is -0.472 e. The van der Waals surface area contributed by atoms with Crippen molar-refractivity contribution < 1.29 is 22.1 Å². The fourth-order valence-electron chi connectivity index (χ4n) is 1.76. The molecule has 0 radical (unpaired) electrons. The molecule has 0 fully saturated rings. The van der Waals surface area contributed by atoms with Gasteiger partial charge in [0, 0.05) is 6.20 Å². The van der Waals surface area contributed by atoms with E-state index in [2.05, 4.69) is 15.2 Å². The Morgan fingerprint density at radius 1 is 1.24 bits per heavy atom. The highest BCUT2D eigenvalue weighted by Gasteiger charge is 2.28. The average molecular weight is 298 g/mol. The maximum Gasteiger partial charge on any atom is 0.408 e. The van der Waals surface area contributed by atoms with E-state index in [-0.39, 0.29) is 12.3 Å². The molecular formula is C12H9F3N4O2. The van der Waals surface area contributed by atoms with Crippen LogP contribution in [-0.4, -0.2) is 26.1 Å². The molecule has 0 aliphatic heterocycles. The van der Waals surface area contributed by atoms with Crippen LogP contribution in [0.1, 0.15) is 11.6 Å². The van der Waals surface area contributed by atoms with Crippen LogP contribution in [0.15, 0.2) is 39.8 Å². The Bertz CT molecular complexity index is 715. The summed E-state index contributed by atoms with van der Waals surface area (Å²) in [5, 5.41) is 7.57. The fraction of sp³-hybridized carbons (Fsp3) is 0.250. The van der Waals surface area contributed by atoms with Crippen molar-refractivity contribution in [2.45, 2.75) is 19.1 Å². The van der Waals surface area contributed by atoms with Crippen molar-refractivity contribution in [1.29, 1.82) is 0 Å². The molecule has 21 heavy (non-hydrogen) atoms. The Morgan fingerprint density at radius 2 is 2.10 bits per heavy atom. The van der Waals surface area contributed by atoms with E-state index in [1.807, 2.05) is 0 Å². The van der Waals surface area contributed by atoms with Crippen molar-refractivity contribution in [2.75, 3.05) is 0 Å². The standard InChI is InChI=1S/C12H9F3N4O2/c13-12(14,15)7-19-3-1-9(17-19)5-10-16-11(18-21-10)8-2-4-20-6-8/h1-4,6H,5,7H2. The van der Waals surface area contributed by atoms with E-state index in [9.17, 15) is 13.2 Å². The van der Waals surface area contributed by atoms with Crippen LogP contribution in [0.3, 0.4) is 0 Å². The molecule has 0 amide bonds. The van der Waals surface area contributed by atoms with Crippen LogP contribution in [0, 0.1) is 0 Å². The summed E-state index contributed by atoms with van der Waals surface area (Å²) in [7, 11) is 0. The van der Waals surface area contributed by atoms with E-state index >= 15 is 0 Å². The van der Waals surface area contributed by atoms with Crippen molar-refractivity contribution in [3.63, 3.8) is 0 Å². The highest BCUT2D eigenvalue weighted by molar-refractivity contribution is 5.51. The Labute approximate surface area is 116 Å². The maximum absolute atomic E-state index is 12.2.